The molecule has 0 saturated carbocycles. The molecular formula is C19H20N4OS3. The summed E-state index contributed by atoms with van der Waals surface area (Å²) >= 11 is 8.51. The second kappa shape index (κ2) is 9.68. The molecule has 2 aromatic carbocycles. The third kappa shape index (κ3) is 5.41. The predicted octanol–water partition coefficient (Wildman–Crippen LogP) is 4.42. The molecular weight excluding hydrogens is 396 g/mol. The second-order valence-corrected chi connectivity index (χ2v) is 8.20. The van der Waals surface area contributed by atoms with Gasteiger partial charge in [-0.05, 0) is 55.0 Å². The molecule has 0 saturated heterocycles. The fraction of sp³-hybridized carbons (Fsp3) is 0.211. The molecule has 3 rings (SSSR count). The molecule has 2 N–H and O–H groups in total. The minimum absolute atomic E-state index is 0.508. The summed E-state index contributed by atoms with van der Waals surface area (Å²) in [6, 6.07) is 14.2. The first kappa shape index (κ1) is 19.6. The number of thioether (sulfide) groups is 1. The lowest BCUT2D eigenvalue weighted by molar-refractivity contribution is 0.411. The molecule has 0 fully saturated rings. The summed E-state index contributed by atoms with van der Waals surface area (Å²) in [5.41, 5.74) is 5.91. The number of rotatable bonds is 7. The lowest BCUT2D eigenvalue weighted by atomic mass is 10.1. The van der Waals surface area contributed by atoms with Crippen LogP contribution in [-0.4, -0.2) is 30.0 Å². The van der Waals surface area contributed by atoms with Crippen LogP contribution in [0.4, 0.5) is 0 Å². The van der Waals surface area contributed by atoms with Gasteiger partial charge in [0.15, 0.2) is 9.45 Å². The molecule has 0 aliphatic carbocycles. The maximum Gasteiger partial charge on any atom is 0.186 e. The number of aromatic nitrogens is 1. The van der Waals surface area contributed by atoms with Gasteiger partial charge in [0.2, 0.25) is 0 Å². The molecule has 0 unspecified atom stereocenters. The summed E-state index contributed by atoms with van der Waals surface area (Å²) in [5.74, 6) is 1.63. The molecule has 0 bridgehead atoms. The second-order valence-electron chi connectivity index (χ2n) is 5.54. The first-order valence-electron chi connectivity index (χ1n) is 8.41. The van der Waals surface area contributed by atoms with E-state index in [1.807, 2.05) is 37.3 Å². The van der Waals surface area contributed by atoms with Gasteiger partial charge in [-0.1, -0.05) is 23.9 Å². The zero-order valence-corrected chi connectivity index (χ0v) is 17.5. The number of thiazole rings is 1. The maximum absolute atomic E-state index is 5.50. The van der Waals surface area contributed by atoms with Crippen LogP contribution in [-0.2, 0) is 5.75 Å². The van der Waals surface area contributed by atoms with E-state index in [-0.39, 0.29) is 0 Å². The van der Waals surface area contributed by atoms with Gasteiger partial charge >= 0.3 is 0 Å². The lowest BCUT2D eigenvalue weighted by Gasteiger charge is -2.08. The minimum atomic E-state index is 0.508. The van der Waals surface area contributed by atoms with Gasteiger partial charge in [0, 0.05) is 17.9 Å². The van der Waals surface area contributed by atoms with Crippen LogP contribution >= 0.6 is 35.3 Å². The third-order valence-corrected chi connectivity index (χ3v) is 6.11. The Morgan fingerprint density at radius 1 is 1.33 bits per heavy atom. The fourth-order valence-electron chi connectivity index (χ4n) is 2.41. The van der Waals surface area contributed by atoms with E-state index in [1.54, 1.807) is 36.4 Å². The van der Waals surface area contributed by atoms with E-state index in [0.717, 1.165) is 39.0 Å². The van der Waals surface area contributed by atoms with E-state index >= 15 is 0 Å². The fourth-order valence-corrected chi connectivity index (χ4v) is 4.65. The van der Waals surface area contributed by atoms with Gasteiger partial charge in [0.25, 0.3) is 0 Å². The van der Waals surface area contributed by atoms with Crippen LogP contribution in [0.5, 0.6) is 5.75 Å². The molecule has 0 aliphatic rings. The van der Waals surface area contributed by atoms with Crippen LogP contribution in [0.3, 0.4) is 0 Å². The Kier molecular flexibility index (Phi) is 7.03. The van der Waals surface area contributed by atoms with Crippen molar-refractivity contribution in [3.8, 4) is 5.75 Å². The number of hydrogen-bond donors (Lipinski definition) is 2. The highest BCUT2D eigenvalue weighted by molar-refractivity contribution is 8.00. The highest BCUT2D eigenvalue weighted by Crippen LogP contribution is 2.33. The van der Waals surface area contributed by atoms with Crippen molar-refractivity contribution in [1.82, 2.24) is 15.7 Å². The van der Waals surface area contributed by atoms with Crippen molar-refractivity contribution in [1.29, 1.82) is 0 Å². The van der Waals surface area contributed by atoms with Gasteiger partial charge < -0.3 is 10.1 Å². The van der Waals surface area contributed by atoms with Gasteiger partial charge in [0.1, 0.15) is 5.75 Å². The molecule has 0 radical (unpaired) electrons. The average molecular weight is 417 g/mol. The summed E-state index contributed by atoms with van der Waals surface area (Å²) in [5, 5.41) is 7.66. The molecule has 0 atom stereocenters. The number of ether oxygens (including phenoxy) is 1. The lowest BCUT2D eigenvalue weighted by Crippen LogP contribution is -2.31. The molecule has 0 spiro atoms. The van der Waals surface area contributed by atoms with Crippen molar-refractivity contribution in [2.75, 3.05) is 13.7 Å². The van der Waals surface area contributed by atoms with Crippen LogP contribution in [0.25, 0.3) is 10.2 Å². The molecule has 5 nitrogen and oxygen atoms in total. The number of para-hydroxylation sites is 1. The monoisotopic (exact) mass is 416 g/mol. The Morgan fingerprint density at radius 2 is 2.19 bits per heavy atom. The normalized spacial score (nSPS) is 11.0. The molecule has 1 heterocycles. The largest absolute Gasteiger partial charge is 0.496 e. The SMILES string of the molecule is CCNC(=S)N/N=C\c1ccc(OC)c(CSc2nc3ccccc3s2)c1. The third-order valence-electron chi connectivity index (χ3n) is 3.65. The highest BCUT2D eigenvalue weighted by atomic mass is 32.2. The number of benzene rings is 2. The van der Waals surface area contributed by atoms with Crippen molar-refractivity contribution in [3.05, 3.63) is 53.6 Å². The Balaban J connectivity index is 1.69. The summed E-state index contributed by atoms with van der Waals surface area (Å²) < 4.78 is 7.76. The Morgan fingerprint density at radius 3 is 2.96 bits per heavy atom. The standard InChI is InChI=1S/C19H20N4OS3/c1-3-20-18(25)23-21-11-13-8-9-16(24-2)14(10-13)12-26-19-22-15-6-4-5-7-17(15)27-19/h4-11H,3,12H2,1-2H3,(H2,20,23,25)/b21-11-. The molecule has 0 amide bonds. The van der Waals surface area contributed by atoms with Crippen LogP contribution < -0.4 is 15.5 Å². The van der Waals surface area contributed by atoms with Gasteiger partial charge in [-0.15, -0.1) is 11.3 Å². The zero-order valence-electron chi connectivity index (χ0n) is 15.1. The smallest absolute Gasteiger partial charge is 0.186 e. The van der Waals surface area contributed by atoms with Crippen LogP contribution in [0, 0.1) is 0 Å². The first-order valence-corrected chi connectivity index (χ1v) is 10.6. The topological polar surface area (TPSA) is 58.5 Å². The number of nitrogens with one attached hydrogen (secondary N) is 2. The van der Waals surface area contributed by atoms with Crippen LogP contribution in [0.15, 0.2) is 51.9 Å². The van der Waals surface area contributed by atoms with E-state index in [2.05, 4.69) is 33.0 Å². The van der Waals surface area contributed by atoms with E-state index in [1.165, 1.54) is 4.70 Å². The Labute approximate surface area is 172 Å². The quantitative estimate of drug-likeness (QED) is 0.257. The summed E-state index contributed by atoms with van der Waals surface area (Å²) in [4.78, 5) is 4.68. The molecule has 1 aromatic heterocycles. The Bertz CT molecular complexity index is 922. The van der Waals surface area contributed by atoms with E-state index in [9.17, 15) is 0 Å². The van der Waals surface area contributed by atoms with Gasteiger partial charge in [-0.25, -0.2) is 4.98 Å². The van der Waals surface area contributed by atoms with Crippen molar-refractivity contribution in [2.45, 2.75) is 17.0 Å². The van der Waals surface area contributed by atoms with Crippen molar-refractivity contribution in [3.63, 3.8) is 0 Å². The zero-order chi connectivity index (χ0) is 19.1. The molecule has 8 heteroatoms. The van der Waals surface area contributed by atoms with Crippen LogP contribution in [0.1, 0.15) is 18.1 Å². The van der Waals surface area contributed by atoms with Crippen molar-refractivity contribution < 1.29 is 4.74 Å². The predicted molar refractivity (Wildman–Crippen MR) is 119 cm³/mol. The first-order chi connectivity index (χ1) is 13.2. The molecule has 3 aromatic rings. The molecule has 140 valence electrons. The minimum Gasteiger partial charge on any atom is -0.496 e. The number of fused-ring (bicyclic) bond motifs is 1. The van der Waals surface area contributed by atoms with E-state index in [4.69, 9.17) is 17.0 Å². The number of hydrazone groups is 1. The van der Waals surface area contributed by atoms with Crippen molar-refractivity contribution in [2.24, 2.45) is 5.10 Å². The summed E-state index contributed by atoms with van der Waals surface area (Å²) in [7, 11) is 1.69. The summed E-state index contributed by atoms with van der Waals surface area (Å²) in [6.07, 6.45) is 1.74. The molecule has 0 aliphatic heterocycles. The van der Waals surface area contributed by atoms with Crippen LogP contribution in [0.2, 0.25) is 0 Å². The average Bonchev–Trinajstić information content (AvgIpc) is 3.09. The number of nitrogens with zero attached hydrogens (tertiary/aromatic N) is 2. The van der Waals surface area contributed by atoms with Gasteiger partial charge in [-0.3, -0.25) is 5.43 Å². The number of methoxy groups -OCH3 is 1. The molecule has 27 heavy (non-hydrogen) atoms. The Hall–Kier alpha value is -2.16. The summed E-state index contributed by atoms with van der Waals surface area (Å²) in [6.45, 7) is 2.74. The number of hydrogen-bond acceptors (Lipinski definition) is 6. The van der Waals surface area contributed by atoms with Gasteiger partial charge in [0.05, 0.1) is 23.5 Å². The van der Waals surface area contributed by atoms with E-state index in [0.29, 0.717) is 5.11 Å². The van der Waals surface area contributed by atoms with Gasteiger partial charge in [-0.2, -0.15) is 5.10 Å². The maximum atomic E-state index is 5.50. The highest BCUT2D eigenvalue weighted by Gasteiger charge is 2.08. The van der Waals surface area contributed by atoms with E-state index < -0.39 is 0 Å². The van der Waals surface area contributed by atoms with Crippen molar-refractivity contribution >= 4 is 56.9 Å². The number of thiocarbonyl (C=S) groups is 1.